The summed E-state index contributed by atoms with van der Waals surface area (Å²) >= 11 is 0. The lowest BCUT2D eigenvalue weighted by Gasteiger charge is -2.44. The van der Waals surface area contributed by atoms with Gasteiger partial charge in [0.2, 0.25) is 5.91 Å². The zero-order chi connectivity index (χ0) is 20.1. The number of aliphatic hydroxyl groups is 1. The summed E-state index contributed by atoms with van der Waals surface area (Å²) in [5.41, 5.74) is 1.97. The summed E-state index contributed by atoms with van der Waals surface area (Å²) in [6, 6.07) is 18.3. The second kappa shape index (κ2) is 8.97. The lowest BCUT2D eigenvalue weighted by molar-refractivity contribution is -0.148. The molecule has 4 rings (SSSR count). The number of carbonyl (C=O) groups excluding carboxylic acids is 1. The van der Waals surface area contributed by atoms with Gasteiger partial charge in [-0.05, 0) is 55.5 Å². The maximum atomic E-state index is 13.6. The minimum absolute atomic E-state index is 0.00517. The molecule has 2 aliphatic rings. The number of nitrogens with zero attached hydrogens (tertiary/aromatic N) is 2. The van der Waals surface area contributed by atoms with Crippen LogP contribution in [0.2, 0.25) is 0 Å². The van der Waals surface area contributed by atoms with E-state index in [1.807, 2.05) is 36.4 Å². The Morgan fingerprint density at radius 2 is 1.69 bits per heavy atom. The van der Waals surface area contributed by atoms with Crippen LogP contribution >= 0.6 is 0 Å². The van der Waals surface area contributed by atoms with Crippen molar-refractivity contribution < 1.29 is 14.6 Å². The molecule has 0 radical (unpaired) electrons. The molecule has 2 aromatic carbocycles. The number of hydrogen-bond acceptors (Lipinski definition) is 4. The molecule has 2 saturated heterocycles. The van der Waals surface area contributed by atoms with Gasteiger partial charge in [0.25, 0.3) is 0 Å². The van der Waals surface area contributed by atoms with Crippen molar-refractivity contribution in [3.8, 4) is 5.75 Å². The van der Waals surface area contributed by atoms with Crippen LogP contribution in [0.25, 0.3) is 0 Å². The second-order valence-electron chi connectivity index (χ2n) is 8.09. The highest BCUT2D eigenvalue weighted by atomic mass is 16.5. The fraction of sp³-hybridized carbons (Fsp3) is 0.458. The Balaban J connectivity index is 1.49. The molecule has 29 heavy (non-hydrogen) atoms. The van der Waals surface area contributed by atoms with Crippen LogP contribution in [0.4, 0.5) is 0 Å². The Kier molecular flexibility index (Phi) is 6.16. The summed E-state index contributed by atoms with van der Waals surface area (Å²) in [7, 11) is 0. The third kappa shape index (κ3) is 4.31. The highest BCUT2D eigenvalue weighted by molar-refractivity contribution is 5.87. The maximum absolute atomic E-state index is 13.6. The van der Waals surface area contributed by atoms with Crippen LogP contribution in [0.3, 0.4) is 0 Å². The van der Waals surface area contributed by atoms with Crippen molar-refractivity contribution in [2.24, 2.45) is 0 Å². The van der Waals surface area contributed by atoms with E-state index in [-0.39, 0.29) is 18.1 Å². The third-order valence-electron chi connectivity index (χ3n) is 6.18. The molecule has 5 nitrogen and oxygen atoms in total. The fourth-order valence-electron chi connectivity index (χ4n) is 4.83. The first-order valence-corrected chi connectivity index (χ1v) is 10.6. The van der Waals surface area contributed by atoms with Crippen molar-refractivity contribution in [3.05, 3.63) is 65.7 Å². The van der Waals surface area contributed by atoms with Crippen molar-refractivity contribution in [3.63, 3.8) is 0 Å². The number of aliphatic hydroxyl groups excluding tert-OH is 1. The van der Waals surface area contributed by atoms with Crippen molar-refractivity contribution in [2.75, 3.05) is 26.3 Å². The molecule has 2 aromatic rings. The Hall–Kier alpha value is -2.37. The van der Waals surface area contributed by atoms with Crippen LogP contribution in [0, 0.1) is 0 Å². The fourth-order valence-corrected chi connectivity index (χ4v) is 4.83. The van der Waals surface area contributed by atoms with E-state index in [9.17, 15) is 4.79 Å². The number of likely N-dealkylation sites (tertiary alicyclic amines) is 2. The topological polar surface area (TPSA) is 53.0 Å². The normalized spacial score (nSPS) is 22.4. The zero-order valence-corrected chi connectivity index (χ0v) is 16.9. The van der Waals surface area contributed by atoms with Crippen molar-refractivity contribution in [1.29, 1.82) is 0 Å². The zero-order valence-electron chi connectivity index (χ0n) is 16.9. The first kappa shape index (κ1) is 19.9. The molecular formula is C24H30N2O3. The van der Waals surface area contributed by atoms with Crippen LogP contribution in [0.1, 0.15) is 36.8 Å². The Bertz CT molecular complexity index is 826. The molecule has 1 amide bonds. The van der Waals surface area contributed by atoms with Gasteiger partial charge in [0.15, 0.2) is 0 Å². The largest absolute Gasteiger partial charge is 0.491 e. The molecule has 2 fully saturated rings. The van der Waals surface area contributed by atoms with Crippen LogP contribution in [0.15, 0.2) is 54.6 Å². The third-order valence-corrected chi connectivity index (χ3v) is 6.18. The smallest absolute Gasteiger partial charge is 0.243 e. The van der Waals surface area contributed by atoms with Gasteiger partial charge in [-0.15, -0.1) is 0 Å². The maximum Gasteiger partial charge on any atom is 0.243 e. The molecule has 0 bridgehead atoms. The molecule has 0 saturated carbocycles. The molecule has 0 aromatic heterocycles. The molecule has 1 atom stereocenters. The standard InChI is InChI=1S/C24H30N2O3/c27-15-16-29-22-10-4-9-21(17-22)19-26-14-6-12-24(26)11-5-13-25(23(24)28)18-20-7-2-1-3-8-20/h1-4,7-10,17,27H,5-6,11-16,18-19H2. The van der Waals surface area contributed by atoms with Crippen LogP contribution in [-0.4, -0.2) is 52.7 Å². The van der Waals surface area contributed by atoms with Crippen molar-refractivity contribution in [1.82, 2.24) is 9.80 Å². The monoisotopic (exact) mass is 394 g/mol. The molecule has 1 N–H and O–H groups in total. The Morgan fingerprint density at radius 1 is 0.931 bits per heavy atom. The molecule has 2 heterocycles. The van der Waals surface area contributed by atoms with E-state index in [0.717, 1.165) is 56.6 Å². The molecule has 154 valence electrons. The van der Waals surface area contributed by atoms with Crippen molar-refractivity contribution >= 4 is 5.91 Å². The molecule has 2 aliphatic heterocycles. The van der Waals surface area contributed by atoms with Gasteiger partial charge in [-0.1, -0.05) is 42.5 Å². The summed E-state index contributed by atoms with van der Waals surface area (Å²) < 4.78 is 5.56. The minimum atomic E-state index is -0.366. The van der Waals surface area contributed by atoms with E-state index in [1.54, 1.807) is 0 Å². The van der Waals surface area contributed by atoms with Gasteiger partial charge < -0.3 is 14.7 Å². The van der Waals surface area contributed by atoms with Crippen LogP contribution in [-0.2, 0) is 17.9 Å². The summed E-state index contributed by atoms with van der Waals surface area (Å²) in [5, 5.41) is 8.98. The molecule has 1 spiro atoms. The van der Waals surface area contributed by atoms with Gasteiger partial charge in [-0.2, -0.15) is 0 Å². The minimum Gasteiger partial charge on any atom is -0.491 e. The first-order valence-electron chi connectivity index (χ1n) is 10.6. The predicted octanol–water partition coefficient (Wildman–Crippen LogP) is 3.21. The van der Waals surface area contributed by atoms with Gasteiger partial charge in [0.05, 0.1) is 6.61 Å². The highest BCUT2D eigenvalue weighted by Crippen LogP contribution is 2.39. The van der Waals surface area contributed by atoms with Gasteiger partial charge in [-0.25, -0.2) is 0 Å². The lowest BCUT2D eigenvalue weighted by atomic mass is 9.85. The van der Waals surface area contributed by atoms with Gasteiger partial charge in [0.1, 0.15) is 17.9 Å². The summed E-state index contributed by atoms with van der Waals surface area (Å²) in [4.78, 5) is 18.0. The lowest BCUT2D eigenvalue weighted by Crippen LogP contribution is -2.59. The Labute approximate surface area is 172 Å². The number of amides is 1. The van der Waals surface area contributed by atoms with Crippen LogP contribution in [0.5, 0.6) is 5.75 Å². The SMILES string of the molecule is O=C1N(Cc2ccccc2)CCCC12CCCN2Cc1cccc(OCCO)c1. The second-order valence-corrected chi connectivity index (χ2v) is 8.09. The van der Waals surface area contributed by atoms with Gasteiger partial charge in [0, 0.05) is 19.6 Å². The number of benzene rings is 2. The van der Waals surface area contributed by atoms with Crippen molar-refractivity contribution in [2.45, 2.75) is 44.3 Å². The first-order chi connectivity index (χ1) is 14.2. The number of rotatable bonds is 7. The average molecular weight is 395 g/mol. The van der Waals surface area contributed by atoms with Gasteiger partial charge >= 0.3 is 0 Å². The summed E-state index contributed by atoms with van der Waals surface area (Å²) in [6.07, 6.45) is 4.00. The predicted molar refractivity (Wildman–Crippen MR) is 112 cm³/mol. The highest BCUT2D eigenvalue weighted by Gasteiger charge is 2.50. The molecule has 5 heteroatoms. The van der Waals surface area contributed by atoms with E-state index >= 15 is 0 Å². The quantitative estimate of drug-likeness (QED) is 0.784. The van der Waals surface area contributed by atoms with E-state index in [1.165, 1.54) is 5.56 Å². The van der Waals surface area contributed by atoms with E-state index < -0.39 is 0 Å². The molecular weight excluding hydrogens is 364 g/mol. The number of piperidine rings is 1. The molecule has 1 unspecified atom stereocenters. The van der Waals surface area contributed by atoms with E-state index in [2.05, 4.69) is 28.0 Å². The molecule has 0 aliphatic carbocycles. The average Bonchev–Trinajstić information content (AvgIpc) is 3.14. The summed E-state index contributed by atoms with van der Waals surface area (Å²) in [5.74, 6) is 1.06. The van der Waals surface area contributed by atoms with Gasteiger partial charge in [-0.3, -0.25) is 9.69 Å². The van der Waals surface area contributed by atoms with Crippen LogP contribution < -0.4 is 4.74 Å². The number of carbonyl (C=O) groups is 1. The number of hydrogen-bond donors (Lipinski definition) is 1. The Morgan fingerprint density at radius 3 is 2.48 bits per heavy atom. The van der Waals surface area contributed by atoms with E-state index in [4.69, 9.17) is 9.84 Å². The van der Waals surface area contributed by atoms with E-state index in [0.29, 0.717) is 13.2 Å². The number of ether oxygens (including phenoxy) is 1. The summed E-state index contributed by atoms with van der Waals surface area (Å²) in [6.45, 7) is 3.54.